The number of methoxy groups -OCH3 is 1. The molecule has 3 amide bonds. The second-order valence-electron chi connectivity index (χ2n) is 8.25. The van der Waals surface area contributed by atoms with E-state index in [4.69, 9.17) is 10.5 Å². The molecule has 200 valence electrons. The van der Waals surface area contributed by atoms with E-state index in [1.54, 1.807) is 12.1 Å². The molecule has 0 saturated carbocycles. The average Bonchev–Trinajstić information content (AvgIpc) is 3.25. The molecule has 0 unspecified atom stereocenters. The highest BCUT2D eigenvalue weighted by Crippen LogP contribution is 2.37. The Kier molecular flexibility index (Phi) is 9.55. The number of hydrogen-bond donors (Lipinski definition) is 2. The summed E-state index contributed by atoms with van der Waals surface area (Å²) in [5.74, 6) is -1.28. The zero-order valence-corrected chi connectivity index (χ0v) is 22.4. The van der Waals surface area contributed by atoms with E-state index < -0.39 is 41.0 Å². The molecule has 0 atom stereocenters. The smallest absolute Gasteiger partial charge is 0.413 e. The van der Waals surface area contributed by atoms with E-state index >= 15 is 0 Å². The first-order chi connectivity index (χ1) is 18.2. The van der Waals surface area contributed by atoms with Gasteiger partial charge in [0.25, 0.3) is 11.8 Å². The molecule has 38 heavy (non-hydrogen) atoms. The van der Waals surface area contributed by atoms with Gasteiger partial charge in [-0.3, -0.25) is 19.8 Å². The van der Waals surface area contributed by atoms with Crippen molar-refractivity contribution in [1.29, 1.82) is 10.5 Å². The molecular formula is C24H26N6O6S2. The zero-order chi connectivity index (χ0) is 27.9. The average molecular weight is 559 g/mol. The van der Waals surface area contributed by atoms with Crippen molar-refractivity contribution in [1.82, 2.24) is 14.5 Å². The predicted molar refractivity (Wildman–Crippen MR) is 138 cm³/mol. The number of nitriles is 2. The lowest BCUT2D eigenvalue weighted by molar-refractivity contribution is 0.0936. The second kappa shape index (κ2) is 12.6. The Hall–Kier alpha value is -3.82. The number of amides is 3. The molecule has 0 spiro atoms. The van der Waals surface area contributed by atoms with Gasteiger partial charge < -0.3 is 10.1 Å². The van der Waals surface area contributed by atoms with Crippen LogP contribution in [-0.2, 0) is 27.7 Å². The molecule has 0 radical (unpaired) electrons. The maximum atomic E-state index is 13.1. The molecule has 2 heterocycles. The van der Waals surface area contributed by atoms with E-state index in [9.17, 15) is 22.8 Å². The van der Waals surface area contributed by atoms with E-state index in [1.807, 2.05) is 0 Å². The van der Waals surface area contributed by atoms with Gasteiger partial charge in [-0.25, -0.2) is 13.2 Å². The number of imide groups is 1. The molecule has 1 aliphatic heterocycles. The van der Waals surface area contributed by atoms with E-state index in [0.717, 1.165) is 41.4 Å². The van der Waals surface area contributed by atoms with Crippen molar-refractivity contribution in [3.63, 3.8) is 0 Å². The van der Waals surface area contributed by atoms with Crippen molar-refractivity contribution >= 4 is 44.3 Å². The first-order valence-corrected chi connectivity index (χ1v) is 13.8. The van der Waals surface area contributed by atoms with Crippen LogP contribution in [-0.4, -0.2) is 68.8 Å². The van der Waals surface area contributed by atoms with Crippen LogP contribution >= 0.6 is 11.3 Å². The van der Waals surface area contributed by atoms with E-state index in [-0.39, 0.29) is 21.0 Å². The Balaban J connectivity index is 1.88. The summed E-state index contributed by atoms with van der Waals surface area (Å²) in [5, 5.41) is 22.9. The Morgan fingerprint density at radius 2 is 1.79 bits per heavy atom. The normalized spacial score (nSPS) is 13.2. The fourth-order valence-corrected chi connectivity index (χ4v) is 6.50. The Morgan fingerprint density at radius 3 is 2.37 bits per heavy atom. The molecule has 2 N–H and O–H groups in total. The highest BCUT2D eigenvalue weighted by molar-refractivity contribution is 7.89. The van der Waals surface area contributed by atoms with Crippen LogP contribution in [0.3, 0.4) is 0 Å². The number of carbonyl (C=O) groups is 3. The second-order valence-corrected chi connectivity index (χ2v) is 11.3. The van der Waals surface area contributed by atoms with Gasteiger partial charge in [-0.15, -0.1) is 11.3 Å². The molecule has 0 aliphatic carbocycles. The fraction of sp³-hybridized carbons (Fsp3) is 0.375. The molecule has 14 heteroatoms. The number of thiophene rings is 1. The molecular weight excluding hydrogens is 532 g/mol. The minimum Gasteiger partial charge on any atom is -0.453 e. The van der Waals surface area contributed by atoms with Crippen molar-refractivity contribution < 1.29 is 27.5 Å². The van der Waals surface area contributed by atoms with Gasteiger partial charge in [-0.05, 0) is 49.2 Å². The molecule has 0 bridgehead atoms. The lowest BCUT2D eigenvalue weighted by Gasteiger charge is -2.26. The number of anilines is 1. The number of fused-ring (bicyclic) bond motifs is 1. The van der Waals surface area contributed by atoms with Crippen LogP contribution < -0.4 is 10.6 Å². The third-order valence-electron chi connectivity index (χ3n) is 5.78. The number of carbonyl (C=O) groups excluding carboxylic acids is 3. The number of alkyl carbamates (subject to hydrolysis) is 1. The van der Waals surface area contributed by atoms with Crippen LogP contribution in [0, 0.1) is 22.7 Å². The topological polar surface area (TPSA) is 173 Å². The number of nitrogens with one attached hydrogen (secondary N) is 2. The number of hydrogen-bond acceptors (Lipinski definition) is 10. The maximum absolute atomic E-state index is 13.1. The maximum Gasteiger partial charge on any atom is 0.413 e. The summed E-state index contributed by atoms with van der Waals surface area (Å²) in [7, 11) is -2.97. The fourth-order valence-electron chi connectivity index (χ4n) is 3.98. The van der Waals surface area contributed by atoms with E-state index in [0.29, 0.717) is 13.0 Å². The minimum atomic E-state index is -4.11. The van der Waals surface area contributed by atoms with Crippen molar-refractivity contribution in [3.05, 3.63) is 45.8 Å². The standard InChI is InChI=1S/C24H26N6O6S2/c1-3-11-29-12-8-18-19(15-29)37-23(20(18)22(32)28-24(33)36-2)27-21(31)16-4-6-17(7-5-16)38(34,35)30(13-9-25)14-10-26/h4-7H,3,8,11-15H2,1-2H3,(H,27,31)(H,28,32,33). The molecule has 1 aliphatic rings. The Bertz CT molecular complexity index is 1390. The van der Waals surface area contributed by atoms with Crippen LogP contribution in [0.2, 0.25) is 0 Å². The van der Waals surface area contributed by atoms with Gasteiger partial charge in [0.05, 0.1) is 29.7 Å². The Labute approximate surface area is 224 Å². The molecule has 0 saturated heterocycles. The summed E-state index contributed by atoms with van der Waals surface area (Å²) in [6.45, 7) is 3.31. The molecule has 0 fully saturated rings. The molecule has 1 aromatic carbocycles. The summed E-state index contributed by atoms with van der Waals surface area (Å²) in [6, 6.07) is 8.43. The number of nitrogens with zero attached hydrogens (tertiary/aromatic N) is 4. The van der Waals surface area contributed by atoms with Crippen LogP contribution in [0.5, 0.6) is 0 Å². The van der Waals surface area contributed by atoms with Crippen LogP contribution in [0.1, 0.15) is 44.5 Å². The van der Waals surface area contributed by atoms with E-state index in [1.165, 1.54) is 35.6 Å². The van der Waals surface area contributed by atoms with E-state index in [2.05, 4.69) is 27.2 Å². The van der Waals surface area contributed by atoms with Gasteiger partial charge in [0.2, 0.25) is 10.0 Å². The van der Waals surface area contributed by atoms with Crippen LogP contribution in [0.25, 0.3) is 0 Å². The number of ether oxygens (including phenoxy) is 1. The van der Waals surface area contributed by atoms with Crippen LogP contribution in [0.4, 0.5) is 9.80 Å². The highest BCUT2D eigenvalue weighted by Gasteiger charge is 2.30. The number of rotatable bonds is 9. The summed E-state index contributed by atoms with van der Waals surface area (Å²) < 4.78 is 30.7. The lowest BCUT2D eigenvalue weighted by Crippen LogP contribution is -2.34. The van der Waals surface area contributed by atoms with Gasteiger partial charge in [0.15, 0.2) is 0 Å². The van der Waals surface area contributed by atoms with Gasteiger partial charge in [-0.2, -0.15) is 14.8 Å². The quantitative estimate of drug-likeness (QED) is 0.438. The van der Waals surface area contributed by atoms with Crippen molar-refractivity contribution in [3.8, 4) is 12.1 Å². The summed E-state index contributed by atoms with van der Waals surface area (Å²) in [6.07, 6.45) is 0.616. The van der Waals surface area contributed by atoms with Gasteiger partial charge >= 0.3 is 6.09 Å². The first-order valence-electron chi connectivity index (χ1n) is 11.6. The van der Waals surface area contributed by atoms with Gasteiger partial charge in [0, 0.05) is 23.5 Å². The van der Waals surface area contributed by atoms with Crippen LogP contribution in [0.15, 0.2) is 29.2 Å². The summed E-state index contributed by atoms with van der Waals surface area (Å²) in [5.41, 5.74) is 1.08. The number of sulfonamides is 1. The van der Waals surface area contributed by atoms with Gasteiger partial charge in [0.1, 0.15) is 18.1 Å². The third kappa shape index (κ3) is 6.35. The predicted octanol–water partition coefficient (Wildman–Crippen LogP) is 2.30. The van der Waals surface area contributed by atoms with Crippen molar-refractivity contribution in [2.45, 2.75) is 31.2 Å². The largest absolute Gasteiger partial charge is 0.453 e. The summed E-state index contributed by atoms with van der Waals surface area (Å²) >= 11 is 1.25. The minimum absolute atomic E-state index is 0.120. The van der Waals surface area contributed by atoms with Gasteiger partial charge in [-0.1, -0.05) is 6.92 Å². The molecule has 12 nitrogen and oxygen atoms in total. The Morgan fingerprint density at radius 1 is 1.13 bits per heavy atom. The highest BCUT2D eigenvalue weighted by atomic mass is 32.2. The first kappa shape index (κ1) is 28.7. The number of benzene rings is 1. The molecule has 2 aromatic rings. The van der Waals surface area contributed by atoms with Crippen molar-refractivity contribution in [2.24, 2.45) is 0 Å². The molecule has 1 aromatic heterocycles. The zero-order valence-electron chi connectivity index (χ0n) is 20.8. The molecule has 3 rings (SSSR count). The van der Waals surface area contributed by atoms with Crippen molar-refractivity contribution in [2.75, 3.05) is 38.6 Å². The SMILES string of the molecule is CCCN1CCc2c(sc(NC(=O)c3ccc(S(=O)(=O)N(CC#N)CC#N)cc3)c2C(=O)NC(=O)OC)C1. The summed E-state index contributed by atoms with van der Waals surface area (Å²) in [4.78, 5) is 40.7. The monoisotopic (exact) mass is 558 g/mol. The lowest BCUT2D eigenvalue weighted by atomic mass is 10.0. The third-order valence-corrected chi connectivity index (χ3v) is 8.72.